The highest BCUT2D eigenvalue weighted by Gasteiger charge is 2.28. The second-order valence-corrected chi connectivity index (χ2v) is 7.13. The molecule has 0 unspecified atom stereocenters. The third-order valence-corrected chi connectivity index (χ3v) is 5.22. The molecule has 0 radical (unpaired) electrons. The maximum absolute atomic E-state index is 12.7. The van der Waals surface area contributed by atoms with Gasteiger partial charge in [-0.15, -0.1) is 0 Å². The van der Waals surface area contributed by atoms with E-state index in [0.717, 1.165) is 5.69 Å². The molecule has 90 valence electrons. The van der Waals surface area contributed by atoms with Gasteiger partial charge in [0.2, 0.25) is 0 Å². The standard InChI is InChI=1S/C11H20N3OP/c1-13(2)10-16(15,14(3)4)12-11-8-6-5-7-9-11/h5-9H,10H2,1-4H3,(H,12,15)/p+1/t16-/m1/s1. The average Bonchev–Trinajstić information content (AvgIpc) is 2.17. The van der Waals surface area contributed by atoms with Gasteiger partial charge in [0.25, 0.3) is 7.44 Å². The van der Waals surface area contributed by atoms with Crippen molar-refractivity contribution in [2.45, 2.75) is 0 Å². The Kier molecular flexibility index (Phi) is 4.54. The molecule has 1 atom stereocenters. The van der Waals surface area contributed by atoms with Crippen LogP contribution in [0.4, 0.5) is 5.69 Å². The van der Waals surface area contributed by atoms with Crippen LogP contribution in [0.3, 0.4) is 0 Å². The number of anilines is 1. The van der Waals surface area contributed by atoms with E-state index < -0.39 is 7.44 Å². The van der Waals surface area contributed by atoms with Crippen LogP contribution in [0.2, 0.25) is 0 Å². The van der Waals surface area contributed by atoms with Gasteiger partial charge in [0, 0.05) is 5.69 Å². The lowest BCUT2D eigenvalue weighted by Gasteiger charge is -2.27. The molecule has 0 aromatic heterocycles. The highest BCUT2D eigenvalue weighted by atomic mass is 31.2. The number of nitrogens with one attached hydrogen (secondary N) is 2. The van der Waals surface area contributed by atoms with Gasteiger partial charge < -0.3 is 9.99 Å². The van der Waals surface area contributed by atoms with E-state index in [9.17, 15) is 4.57 Å². The predicted octanol–water partition coefficient (Wildman–Crippen LogP) is 0.955. The normalized spacial score (nSPS) is 15.1. The summed E-state index contributed by atoms with van der Waals surface area (Å²) in [5.74, 6) is 0. The minimum Gasteiger partial charge on any atom is -0.331 e. The summed E-state index contributed by atoms with van der Waals surface area (Å²) in [4.78, 5) is 1.17. The second-order valence-electron chi connectivity index (χ2n) is 4.39. The van der Waals surface area contributed by atoms with E-state index in [1.54, 1.807) is 4.67 Å². The number of rotatable bonds is 5. The summed E-state index contributed by atoms with van der Waals surface area (Å²) in [7, 11) is 5.18. The summed E-state index contributed by atoms with van der Waals surface area (Å²) >= 11 is 0. The molecule has 0 aliphatic carbocycles. The third-order valence-electron chi connectivity index (χ3n) is 2.25. The van der Waals surface area contributed by atoms with Crippen molar-refractivity contribution in [2.75, 3.05) is 39.6 Å². The number of para-hydroxylation sites is 1. The maximum Gasteiger partial charge on any atom is 0.289 e. The van der Waals surface area contributed by atoms with Crippen LogP contribution < -0.4 is 9.99 Å². The number of quaternary nitrogens is 1. The van der Waals surface area contributed by atoms with Crippen molar-refractivity contribution in [1.82, 2.24) is 4.67 Å². The van der Waals surface area contributed by atoms with E-state index in [1.165, 1.54) is 4.90 Å². The Morgan fingerprint density at radius 1 is 1.25 bits per heavy atom. The largest absolute Gasteiger partial charge is 0.331 e. The fraction of sp³-hybridized carbons (Fsp3) is 0.455. The summed E-state index contributed by atoms with van der Waals surface area (Å²) in [6.45, 7) is 0. The van der Waals surface area contributed by atoms with Gasteiger partial charge >= 0.3 is 0 Å². The van der Waals surface area contributed by atoms with Gasteiger partial charge in [-0.3, -0.25) is 4.57 Å². The van der Waals surface area contributed by atoms with Gasteiger partial charge in [0.05, 0.1) is 14.1 Å². The number of benzene rings is 1. The molecule has 0 fully saturated rings. The second kappa shape index (κ2) is 5.48. The van der Waals surface area contributed by atoms with Crippen LogP contribution in [-0.4, -0.2) is 39.1 Å². The summed E-state index contributed by atoms with van der Waals surface area (Å²) < 4.78 is 14.5. The fourth-order valence-electron chi connectivity index (χ4n) is 1.42. The van der Waals surface area contributed by atoms with Gasteiger partial charge in [-0.2, -0.15) is 0 Å². The Morgan fingerprint density at radius 2 is 1.81 bits per heavy atom. The Balaban J connectivity index is 2.84. The number of hydrogen-bond donors (Lipinski definition) is 2. The Morgan fingerprint density at radius 3 is 2.25 bits per heavy atom. The van der Waals surface area contributed by atoms with Crippen LogP contribution in [0, 0.1) is 0 Å². The van der Waals surface area contributed by atoms with E-state index >= 15 is 0 Å². The van der Waals surface area contributed by atoms with E-state index in [0.29, 0.717) is 6.29 Å². The summed E-state index contributed by atoms with van der Waals surface area (Å²) in [5.41, 5.74) is 0.904. The molecule has 1 aromatic rings. The average molecular weight is 242 g/mol. The smallest absolute Gasteiger partial charge is 0.289 e. The molecule has 0 spiro atoms. The van der Waals surface area contributed by atoms with Gasteiger partial charge in [0.1, 0.15) is 0 Å². The van der Waals surface area contributed by atoms with Crippen molar-refractivity contribution < 1.29 is 9.46 Å². The first-order valence-electron chi connectivity index (χ1n) is 5.33. The van der Waals surface area contributed by atoms with Gasteiger partial charge in [-0.05, 0) is 26.2 Å². The van der Waals surface area contributed by atoms with Crippen molar-refractivity contribution in [1.29, 1.82) is 0 Å². The first-order valence-corrected chi connectivity index (χ1v) is 7.18. The molecule has 1 aromatic carbocycles. The van der Waals surface area contributed by atoms with Crippen molar-refractivity contribution in [3.05, 3.63) is 30.3 Å². The van der Waals surface area contributed by atoms with Crippen molar-refractivity contribution in [2.24, 2.45) is 0 Å². The van der Waals surface area contributed by atoms with E-state index in [1.807, 2.05) is 58.5 Å². The molecule has 16 heavy (non-hydrogen) atoms. The minimum atomic E-state index is -2.52. The van der Waals surface area contributed by atoms with E-state index in [4.69, 9.17) is 0 Å². The lowest BCUT2D eigenvalue weighted by Crippen LogP contribution is -3.05. The van der Waals surface area contributed by atoms with Crippen LogP contribution in [0.15, 0.2) is 30.3 Å². The minimum absolute atomic E-state index is 0.592. The predicted molar refractivity (Wildman–Crippen MR) is 69.0 cm³/mol. The van der Waals surface area contributed by atoms with Crippen molar-refractivity contribution in [3.8, 4) is 0 Å². The molecule has 0 aliphatic rings. The Labute approximate surface area is 97.7 Å². The van der Waals surface area contributed by atoms with Crippen molar-refractivity contribution >= 4 is 13.1 Å². The molecule has 0 heterocycles. The molecule has 0 saturated heterocycles. The number of hydrogen-bond acceptors (Lipinski definition) is 1. The number of nitrogens with zero attached hydrogens (tertiary/aromatic N) is 1. The lowest BCUT2D eigenvalue weighted by atomic mass is 10.3. The SMILES string of the molecule is CN(C)[P@@](=O)(C[NH+](C)C)Nc1ccccc1. The third kappa shape index (κ3) is 3.63. The van der Waals surface area contributed by atoms with Gasteiger partial charge in [0.15, 0.2) is 6.29 Å². The topological polar surface area (TPSA) is 36.8 Å². The summed E-state index contributed by atoms with van der Waals surface area (Å²) in [6.07, 6.45) is 0.592. The summed E-state index contributed by atoms with van der Waals surface area (Å²) in [6, 6.07) is 9.68. The van der Waals surface area contributed by atoms with Crippen LogP contribution in [0.25, 0.3) is 0 Å². The van der Waals surface area contributed by atoms with Gasteiger partial charge in [-0.1, -0.05) is 18.2 Å². The molecular formula is C11H21N3OP+. The highest BCUT2D eigenvalue weighted by Crippen LogP contribution is 2.44. The fourth-order valence-corrected chi connectivity index (χ4v) is 3.40. The van der Waals surface area contributed by atoms with Crippen LogP contribution in [0.1, 0.15) is 0 Å². The zero-order valence-electron chi connectivity index (χ0n) is 10.4. The van der Waals surface area contributed by atoms with E-state index in [-0.39, 0.29) is 0 Å². The summed E-state index contributed by atoms with van der Waals surface area (Å²) in [5, 5.41) is 3.15. The quantitative estimate of drug-likeness (QED) is 0.755. The molecule has 2 N–H and O–H groups in total. The molecule has 0 bridgehead atoms. The zero-order valence-corrected chi connectivity index (χ0v) is 11.3. The van der Waals surface area contributed by atoms with Crippen LogP contribution >= 0.6 is 7.44 Å². The molecule has 0 amide bonds. The Hall–Kier alpha value is -0.830. The monoisotopic (exact) mass is 242 g/mol. The molecule has 1 rings (SSSR count). The lowest BCUT2D eigenvalue weighted by molar-refractivity contribution is -0.845. The molecule has 5 heteroatoms. The van der Waals surface area contributed by atoms with Crippen molar-refractivity contribution in [3.63, 3.8) is 0 Å². The Bertz CT molecular complexity index is 365. The molecule has 0 saturated carbocycles. The molecule has 0 aliphatic heterocycles. The zero-order chi connectivity index (χ0) is 12.2. The van der Waals surface area contributed by atoms with Crippen LogP contribution in [-0.2, 0) is 4.57 Å². The van der Waals surface area contributed by atoms with Gasteiger partial charge in [-0.25, -0.2) is 4.67 Å². The first kappa shape index (κ1) is 13.2. The molecule has 4 nitrogen and oxygen atoms in total. The first-order chi connectivity index (χ1) is 7.44. The van der Waals surface area contributed by atoms with Crippen LogP contribution in [0.5, 0.6) is 0 Å². The van der Waals surface area contributed by atoms with E-state index in [2.05, 4.69) is 5.09 Å². The maximum atomic E-state index is 12.7. The molecular weight excluding hydrogens is 221 g/mol. The highest BCUT2D eigenvalue weighted by molar-refractivity contribution is 7.62.